The van der Waals surface area contributed by atoms with E-state index in [2.05, 4.69) is 0 Å². The summed E-state index contributed by atoms with van der Waals surface area (Å²) >= 11 is 0. The van der Waals surface area contributed by atoms with Gasteiger partial charge in [0.25, 0.3) is 0 Å². The van der Waals surface area contributed by atoms with Crippen molar-refractivity contribution in [1.82, 2.24) is 0 Å². The van der Waals surface area contributed by atoms with Gasteiger partial charge in [0.1, 0.15) is 5.68 Å². The van der Waals surface area contributed by atoms with Crippen LogP contribution in [0.2, 0.25) is 5.82 Å². The maximum Gasteiger partial charge on any atom is 0.211 e. The van der Waals surface area contributed by atoms with E-state index in [1.165, 1.54) is 128 Å². The van der Waals surface area contributed by atoms with Gasteiger partial charge in [0.2, 0.25) is 7.28 Å². The lowest BCUT2D eigenvalue weighted by molar-refractivity contribution is -0.108. The number of phenolic OH excluding ortho intramolecular Hbond substituents is 2. The van der Waals surface area contributed by atoms with Crippen molar-refractivity contribution in [3.05, 3.63) is 29.8 Å². The van der Waals surface area contributed by atoms with E-state index < -0.39 is 0 Å². The molecular formula is C30H48BO3. The van der Waals surface area contributed by atoms with Crippen LogP contribution >= 0.6 is 0 Å². The zero-order valence-electron chi connectivity index (χ0n) is 21.5. The molecule has 0 heterocycles. The molecule has 0 amide bonds. The number of hydrogen-bond acceptors (Lipinski definition) is 3. The van der Waals surface area contributed by atoms with Crippen LogP contribution in [0.4, 0.5) is 0 Å². The number of phenols is 2. The van der Waals surface area contributed by atoms with Crippen LogP contribution in [0.15, 0.2) is 24.3 Å². The van der Waals surface area contributed by atoms with E-state index in [9.17, 15) is 15.0 Å². The van der Waals surface area contributed by atoms with Crippen LogP contribution in [0, 0.1) is 0 Å². The minimum Gasteiger partial charge on any atom is -0.504 e. The van der Waals surface area contributed by atoms with Gasteiger partial charge in [-0.2, -0.15) is 0 Å². The molecule has 0 spiro atoms. The molecule has 34 heavy (non-hydrogen) atoms. The van der Waals surface area contributed by atoms with Gasteiger partial charge >= 0.3 is 0 Å². The largest absolute Gasteiger partial charge is 0.504 e. The van der Waals surface area contributed by atoms with Crippen molar-refractivity contribution in [3.8, 4) is 11.5 Å². The molecule has 0 atom stereocenters. The molecule has 1 aliphatic rings. The lowest BCUT2D eigenvalue weighted by atomic mass is 9.57. The molecule has 0 bridgehead atoms. The highest BCUT2D eigenvalue weighted by molar-refractivity contribution is 6.77. The molecule has 189 valence electrons. The number of carbonyl (C=O) groups is 1. The quantitative estimate of drug-likeness (QED) is 0.264. The van der Waals surface area contributed by atoms with Crippen LogP contribution in [0.5, 0.6) is 11.5 Å². The monoisotopic (exact) mass is 467 g/mol. The molecule has 1 aliphatic carbocycles. The van der Waals surface area contributed by atoms with Gasteiger partial charge in [-0.25, -0.2) is 0 Å². The van der Waals surface area contributed by atoms with Gasteiger partial charge in [-0.15, -0.1) is 0 Å². The van der Waals surface area contributed by atoms with E-state index >= 15 is 0 Å². The minimum atomic E-state index is -0.163. The minimum absolute atomic E-state index is 0.0445. The average molecular weight is 468 g/mol. The summed E-state index contributed by atoms with van der Waals surface area (Å²) < 4.78 is 0. The first kappa shape index (κ1) is 28.5. The molecule has 3 nitrogen and oxygen atoms in total. The van der Waals surface area contributed by atoms with Gasteiger partial charge < -0.3 is 15.0 Å². The number of rotatable bonds is 4. The summed E-state index contributed by atoms with van der Waals surface area (Å²) in [4.78, 5) is 12.6. The maximum absolute atomic E-state index is 12.6. The third-order valence-electron chi connectivity index (χ3n) is 7.24. The molecule has 1 radical (unpaired) electrons. The first-order chi connectivity index (χ1) is 16.6. The second-order valence-corrected chi connectivity index (χ2v) is 10.4. The Labute approximate surface area is 209 Å². The number of hydrogen-bond donors (Lipinski definition) is 2. The van der Waals surface area contributed by atoms with E-state index in [4.69, 9.17) is 0 Å². The number of allylic oxidation sites excluding steroid dienone is 1. The summed E-state index contributed by atoms with van der Waals surface area (Å²) in [6.07, 6.45) is 30.0. The Morgan fingerprint density at radius 1 is 0.647 bits per heavy atom. The summed E-state index contributed by atoms with van der Waals surface area (Å²) in [7, 11) is 1.92. The van der Waals surface area contributed by atoms with Gasteiger partial charge in [-0.1, -0.05) is 146 Å². The van der Waals surface area contributed by atoms with Crippen LogP contribution in [0.25, 0.3) is 6.08 Å². The third-order valence-corrected chi connectivity index (χ3v) is 7.24. The highest BCUT2D eigenvalue weighted by Crippen LogP contribution is 2.26. The highest BCUT2D eigenvalue weighted by atomic mass is 16.3. The standard InChI is InChI=1S/C30H48BO3/c32-28-23-21-26(25-29(28)33)22-24-30(34)31-27-19-17-15-13-11-9-7-5-3-1-2-4-6-8-10-12-14-16-18-20-27/h21-25,27,32-33H,1-20H2. The normalized spacial score (nSPS) is 19.9. The van der Waals surface area contributed by atoms with Crippen molar-refractivity contribution in [3.63, 3.8) is 0 Å². The van der Waals surface area contributed by atoms with Crippen LogP contribution in [0.1, 0.15) is 134 Å². The Balaban J connectivity index is 1.78. The first-order valence-corrected chi connectivity index (χ1v) is 14.2. The maximum atomic E-state index is 12.6. The summed E-state index contributed by atoms with van der Waals surface area (Å²) in [5.74, 6) is 0.0532. The SMILES string of the molecule is O=C([B]C1CCCCCCCCCCCCCCCCCCCC1)C=Cc1ccc(O)c(O)c1. The fourth-order valence-corrected chi connectivity index (χ4v) is 5.06. The zero-order chi connectivity index (χ0) is 24.3. The molecule has 0 unspecified atom stereocenters. The summed E-state index contributed by atoms with van der Waals surface area (Å²) in [6.45, 7) is 0. The zero-order valence-corrected chi connectivity index (χ0v) is 21.5. The smallest absolute Gasteiger partial charge is 0.211 e. The number of aromatic hydroxyl groups is 2. The van der Waals surface area contributed by atoms with Gasteiger partial charge in [0, 0.05) is 0 Å². The summed E-state index contributed by atoms with van der Waals surface area (Å²) in [5.41, 5.74) is 0.757. The van der Waals surface area contributed by atoms with E-state index in [0.717, 1.165) is 12.8 Å². The van der Waals surface area contributed by atoms with Crippen molar-refractivity contribution < 1.29 is 15.0 Å². The predicted octanol–water partition coefficient (Wildman–Crippen LogP) is 8.95. The fraction of sp³-hybridized carbons (Fsp3) is 0.700. The molecule has 0 saturated heterocycles. The average Bonchev–Trinajstić information content (AvgIpc) is 2.82. The summed E-state index contributed by atoms with van der Waals surface area (Å²) in [5, 5.41) is 19.1. The number of benzene rings is 1. The molecule has 2 N–H and O–H groups in total. The van der Waals surface area contributed by atoms with Crippen LogP contribution in [-0.2, 0) is 4.79 Å². The van der Waals surface area contributed by atoms with Crippen LogP contribution in [0.3, 0.4) is 0 Å². The second-order valence-electron chi connectivity index (χ2n) is 10.4. The molecule has 4 heteroatoms. The van der Waals surface area contributed by atoms with E-state index in [-0.39, 0.29) is 17.2 Å². The molecule has 0 aliphatic heterocycles. The van der Waals surface area contributed by atoms with Crippen molar-refractivity contribution in [2.24, 2.45) is 0 Å². The van der Waals surface area contributed by atoms with Crippen LogP contribution in [-0.4, -0.2) is 23.2 Å². The predicted molar refractivity (Wildman–Crippen MR) is 146 cm³/mol. The van der Waals surface area contributed by atoms with Gasteiger partial charge in [0.15, 0.2) is 11.5 Å². The Hall–Kier alpha value is -1.71. The van der Waals surface area contributed by atoms with Gasteiger partial charge in [-0.3, -0.25) is 0 Å². The fourth-order valence-electron chi connectivity index (χ4n) is 5.06. The lowest BCUT2D eigenvalue weighted by Crippen LogP contribution is -2.14. The molecule has 1 aromatic rings. The molecule has 1 fully saturated rings. The summed E-state index contributed by atoms with van der Waals surface area (Å²) in [6, 6.07) is 4.61. The van der Waals surface area contributed by atoms with Crippen molar-refractivity contribution in [2.45, 2.75) is 134 Å². The van der Waals surface area contributed by atoms with E-state index in [1.807, 2.05) is 7.28 Å². The van der Waals surface area contributed by atoms with E-state index in [1.54, 1.807) is 18.2 Å². The lowest BCUT2D eigenvalue weighted by Gasteiger charge is -2.15. The Kier molecular flexibility index (Phi) is 15.6. The van der Waals surface area contributed by atoms with Gasteiger partial charge in [-0.05, 0) is 23.8 Å². The third kappa shape index (κ3) is 13.9. The molecule has 1 saturated carbocycles. The van der Waals surface area contributed by atoms with Crippen molar-refractivity contribution in [2.75, 3.05) is 0 Å². The Morgan fingerprint density at radius 3 is 1.47 bits per heavy atom. The van der Waals surface area contributed by atoms with E-state index in [0.29, 0.717) is 11.4 Å². The molecular weight excluding hydrogens is 419 g/mol. The second kappa shape index (κ2) is 18.6. The van der Waals surface area contributed by atoms with Crippen molar-refractivity contribution in [1.29, 1.82) is 0 Å². The first-order valence-electron chi connectivity index (χ1n) is 14.2. The Bertz CT molecular complexity index is 678. The number of carbonyl (C=O) groups excluding carboxylic acids is 1. The Morgan fingerprint density at radius 2 is 1.06 bits per heavy atom. The van der Waals surface area contributed by atoms with Crippen molar-refractivity contribution >= 4 is 19.0 Å². The molecule has 0 aromatic heterocycles. The van der Waals surface area contributed by atoms with Crippen LogP contribution < -0.4 is 0 Å². The van der Waals surface area contributed by atoms with Gasteiger partial charge in [0.05, 0.1) is 0 Å². The molecule has 2 rings (SSSR count). The topological polar surface area (TPSA) is 57.5 Å². The molecule has 1 aromatic carbocycles. The highest BCUT2D eigenvalue weighted by Gasteiger charge is 2.14.